The molecule has 4 nitrogen and oxygen atoms in total. The number of hydrogen-bond donors (Lipinski definition) is 3. The highest BCUT2D eigenvalue weighted by molar-refractivity contribution is 5.99. The Hall–Kier alpha value is -1.62. The van der Waals surface area contributed by atoms with Gasteiger partial charge in [-0.2, -0.15) is 0 Å². The standard InChI is InChI=1S/C15H24FN3O/c1-3-5-8-11(7-4-2)18-15(20)12-9-6-10-13(16)14(12)19-17/h6,9-11,19H,3-5,7-8,17H2,1-2H3,(H,18,20). The van der Waals surface area contributed by atoms with Gasteiger partial charge in [0.15, 0.2) is 0 Å². The fourth-order valence-electron chi connectivity index (χ4n) is 2.21. The van der Waals surface area contributed by atoms with Crippen molar-refractivity contribution in [2.75, 3.05) is 5.43 Å². The minimum Gasteiger partial charge on any atom is -0.349 e. The van der Waals surface area contributed by atoms with E-state index in [2.05, 4.69) is 24.6 Å². The van der Waals surface area contributed by atoms with Gasteiger partial charge in [0.05, 0.1) is 11.3 Å². The molecule has 1 atom stereocenters. The average Bonchev–Trinajstić information content (AvgIpc) is 2.44. The van der Waals surface area contributed by atoms with E-state index in [1.54, 1.807) is 6.07 Å². The lowest BCUT2D eigenvalue weighted by atomic mass is 10.0. The molecule has 0 aromatic heterocycles. The highest BCUT2D eigenvalue weighted by atomic mass is 19.1. The van der Waals surface area contributed by atoms with Crippen molar-refractivity contribution < 1.29 is 9.18 Å². The second-order valence-electron chi connectivity index (χ2n) is 4.91. The molecule has 0 saturated heterocycles. The van der Waals surface area contributed by atoms with Gasteiger partial charge < -0.3 is 10.7 Å². The summed E-state index contributed by atoms with van der Waals surface area (Å²) in [4.78, 5) is 12.3. The van der Waals surface area contributed by atoms with Crippen LogP contribution in [0.5, 0.6) is 0 Å². The first-order valence-electron chi connectivity index (χ1n) is 7.20. The van der Waals surface area contributed by atoms with Crippen LogP contribution in [0.2, 0.25) is 0 Å². The fourth-order valence-corrected chi connectivity index (χ4v) is 2.21. The zero-order chi connectivity index (χ0) is 15.0. The van der Waals surface area contributed by atoms with Crippen molar-refractivity contribution in [1.82, 2.24) is 5.32 Å². The number of rotatable bonds is 8. The van der Waals surface area contributed by atoms with Gasteiger partial charge in [0.1, 0.15) is 5.82 Å². The molecule has 0 aliphatic rings. The number of hydrazine groups is 1. The number of anilines is 1. The topological polar surface area (TPSA) is 67.2 Å². The minimum absolute atomic E-state index is 0.0377. The summed E-state index contributed by atoms with van der Waals surface area (Å²) in [6.45, 7) is 4.20. The largest absolute Gasteiger partial charge is 0.349 e. The van der Waals surface area contributed by atoms with Crippen molar-refractivity contribution in [3.8, 4) is 0 Å². The summed E-state index contributed by atoms with van der Waals surface area (Å²) < 4.78 is 13.6. The number of unbranched alkanes of at least 4 members (excludes halogenated alkanes) is 1. The molecule has 0 aliphatic heterocycles. The van der Waals surface area contributed by atoms with E-state index in [9.17, 15) is 9.18 Å². The Balaban J connectivity index is 2.80. The Morgan fingerprint density at radius 2 is 2.05 bits per heavy atom. The molecular formula is C15H24FN3O. The van der Waals surface area contributed by atoms with Crippen LogP contribution in [-0.2, 0) is 0 Å². The SMILES string of the molecule is CCCCC(CCC)NC(=O)c1cccc(F)c1NN. The summed E-state index contributed by atoms with van der Waals surface area (Å²) in [5.74, 6) is 4.48. The number of benzene rings is 1. The van der Waals surface area contributed by atoms with E-state index in [4.69, 9.17) is 5.84 Å². The number of amides is 1. The second kappa shape index (κ2) is 8.53. The van der Waals surface area contributed by atoms with Crippen LogP contribution in [0.25, 0.3) is 0 Å². The third-order valence-corrected chi connectivity index (χ3v) is 3.28. The molecule has 0 heterocycles. The molecule has 20 heavy (non-hydrogen) atoms. The van der Waals surface area contributed by atoms with Crippen molar-refractivity contribution in [2.24, 2.45) is 5.84 Å². The normalized spacial score (nSPS) is 12.0. The molecule has 0 aliphatic carbocycles. The highest BCUT2D eigenvalue weighted by Gasteiger charge is 2.17. The molecule has 0 spiro atoms. The Kier molecular flexibility index (Phi) is 7.01. The molecule has 112 valence electrons. The average molecular weight is 281 g/mol. The minimum atomic E-state index is -0.527. The predicted octanol–water partition coefficient (Wildman–Crippen LogP) is 3.20. The summed E-state index contributed by atoms with van der Waals surface area (Å²) in [6.07, 6.45) is 5.02. The first-order valence-corrected chi connectivity index (χ1v) is 7.20. The maximum Gasteiger partial charge on any atom is 0.253 e. The Labute approximate surface area is 119 Å². The van der Waals surface area contributed by atoms with E-state index in [1.807, 2.05) is 0 Å². The van der Waals surface area contributed by atoms with Gasteiger partial charge in [-0.3, -0.25) is 10.6 Å². The smallest absolute Gasteiger partial charge is 0.253 e. The van der Waals surface area contributed by atoms with Gasteiger partial charge in [-0.05, 0) is 25.0 Å². The summed E-state index contributed by atoms with van der Waals surface area (Å²) in [5, 5.41) is 2.97. The van der Waals surface area contributed by atoms with Crippen molar-refractivity contribution in [2.45, 2.75) is 52.0 Å². The van der Waals surface area contributed by atoms with Crippen molar-refractivity contribution in [3.63, 3.8) is 0 Å². The molecule has 1 rings (SSSR count). The van der Waals surface area contributed by atoms with Gasteiger partial charge in [0.2, 0.25) is 0 Å². The second-order valence-corrected chi connectivity index (χ2v) is 4.91. The quantitative estimate of drug-likeness (QED) is 0.506. The van der Waals surface area contributed by atoms with E-state index in [0.717, 1.165) is 32.1 Å². The highest BCUT2D eigenvalue weighted by Crippen LogP contribution is 2.19. The Bertz CT molecular complexity index is 437. The maximum absolute atomic E-state index is 13.6. The van der Waals surface area contributed by atoms with Crippen LogP contribution in [0.1, 0.15) is 56.3 Å². The van der Waals surface area contributed by atoms with E-state index in [-0.39, 0.29) is 23.2 Å². The molecule has 1 aromatic rings. The van der Waals surface area contributed by atoms with E-state index in [0.29, 0.717) is 0 Å². The van der Waals surface area contributed by atoms with Crippen LogP contribution < -0.4 is 16.6 Å². The van der Waals surface area contributed by atoms with Gasteiger partial charge in [0.25, 0.3) is 5.91 Å². The lowest BCUT2D eigenvalue weighted by Gasteiger charge is -2.19. The van der Waals surface area contributed by atoms with Gasteiger partial charge in [-0.15, -0.1) is 0 Å². The first-order chi connectivity index (χ1) is 9.63. The first kappa shape index (κ1) is 16.4. The number of nitrogens with one attached hydrogen (secondary N) is 2. The molecule has 4 N–H and O–H groups in total. The number of nitrogen functional groups attached to an aromatic ring is 1. The summed E-state index contributed by atoms with van der Waals surface area (Å²) in [6, 6.07) is 4.47. The molecule has 1 aromatic carbocycles. The summed E-state index contributed by atoms with van der Waals surface area (Å²) >= 11 is 0. The molecule has 0 radical (unpaired) electrons. The molecule has 0 saturated carbocycles. The van der Waals surface area contributed by atoms with Crippen LogP contribution in [0.3, 0.4) is 0 Å². The Morgan fingerprint density at radius 1 is 1.30 bits per heavy atom. The van der Waals surface area contributed by atoms with E-state index < -0.39 is 5.82 Å². The monoisotopic (exact) mass is 281 g/mol. The van der Waals surface area contributed by atoms with Crippen LogP contribution >= 0.6 is 0 Å². The van der Waals surface area contributed by atoms with Crippen LogP contribution in [0, 0.1) is 5.82 Å². The third-order valence-electron chi connectivity index (χ3n) is 3.28. The lowest BCUT2D eigenvalue weighted by molar-refractivity contribution is 0.0932. The van der Waals surface area contributed by atoms with Crippen LogP contribution in [0.15, 0.2) is 18.2 Å². The van der Waals surface area contributed by atoms with Crippen molar-refractivity contribution in [3.05, 3.63) is 29.6 Å². The van der Waals surface area contributed by atoms with Crippen LogP contribution in [-0.4, -0.2) is 11.9 Å². The molecule has 0 fully saturated rings. The predicted molar refractivity (Wildman–Crippen MR) is 79.9 cm³/mol. The van der Waals surface area contributed by atoms with Crippen molar-refractivity contribution in [1.29, 1.82) is 0 Å². The van der Waals surface area contributed by atoms with Gasteiger partial charge >= 0.3 is 0 Å². The zero-order valence-corrected chi connectivity index (χ0v) is 12.2. The van der Waals surface area contributed by atoms with Gasteiger partial charge in [0, 0.05) is 6.04 Å². The Morgan fingerprint density at radius 3 is 2.65 bits per heavy atom. The number of halogens is 1. The third kappa shape index (κ3) is 4.49. The lowest BCUT2D eigenvalue weighted by Crippen LogP contribution is -2.35. The van der Waals surface area contributed by atoms with Crippen molar-refractivity contribution >= 4 is 11.6 Å². The fraction of sp³-hybridized carbons (Fsp3) is 0.533. The molecule has 1 amide bonds. The van der Waals surface area contributed by atoms with Gasteiger partial charge in [-0.1, -0.05) is 39.2 Å². The van der Waals surface area contributed by atoms with Gasteiger partial charge in [-0.25, -0.2) is 4.39 Å². The number of hydrogen-bond acceptors (Lipinski definition) is 3. The number of carbonyl (C=O) groups excluding carboxylic acids is 1. The van der Waals surface area contributed by atoms with E-state index >= 15 is 0 Å². The zero-order valence-electron chi connectivity index (χ0n) is 12.2. The van der Waals surface area contributed by atoms with E-state index in [1.165, 1.54) is 12.1 Å². The molecule has 0 bridgehead atoms. The van der Waals surface area contributed by atoms with Crippen LogP contribution in [0.4, 0.5) is 10.1 Å². The molecule has 5 heteroatoms. The number of carbonyl (C=O) groups is 1. The number of nitrogens with two attached hydrogens (primary N) is 1. The summed E-state index contributed by atoms with van der Waals surface area (Å²) in [5.41, 5.74) is 2.54. The summed E-state index contributed by atoms with van der Waals surface area (Å²) in [7, 11) is 0. The molecule has 1 unspecified atom stereocenters. The molecular weight excluding hydrogens is 257 g/mol. The number of para-hydroxylation sites is 1. The maximum atomic E-state index is 13.6.